The van der Waals surface area contributed by atoms with Crippen LogP contribution in [0.3, 0.4) is 0 Å². The Hall–Kier alpha value is -0.960. The first-order valence-electron chi connectivity index (χ1n) is 6.14. The molecule has 90 valence electrons. The van der Waals surface area contributed by atoms with Gasteiger partial charge in [0.1, 0.15) is 6.33 Å². The van der Waals surface area contributed by atoms with Gasteiger partial charge in [-0.25, -0.2) is 9.97 Å². The molecule has 1 unspecified atom stereocenters. The van der Waals surface area contributed by atoms with Gasteiger partial charge in [-0.05, 0) is 31.9 Å². The lowest BCUT2D eigenvalue weighted by Crippen LogP contribution is -2.36. The topological polar surface area (TPSA) is 37.8 Å². The lowest BCUT2D eigenvalue weighted by atomic mass is 9.99. The molecule has 1 atom stereocenters. The van der Waals surface area contributed by atoms with Gasteiger partial charge in [-0.15, -0.1) is 0 Å². The van der Waals surface area contributed by atoms with Gasteiger partial charge in [0.25, 0.3) is 0 Å². The Balaban J connectivity index is 2.60. The third-order valence-corrected chi connectivity index (χ3v) is 2.75. The lowest BCUT2D eigenvalue weighted by molar-refractivity contribution is 0.394. The van der Waals surface area contributed by atoms with Crippen LogP contribution in [0.5, 0.6) is 0 Å². The molecule has 0 amide bonds. The zero-order valence-electron chi connectivity index (χ0n) is 10.8. The molecular weight excluding hydrogens is 198 g/mol. The van der Waals surface area contributed by atoms with Gasteiger partial charge in [0.2, 0.25) is 0 Å². The molecule has 0 spiro atoms. The number of aryl methyl sites for hydroxylation is 1. The highest BCUT2D eigenvalue weighted by molar-refractivity contribution is 5.08. The van der Waals surface area contributed by atoms with Gasteiger partial charge in [0.15, 0.2) is 0 Å². The smallest absolute Gasteiger partial charge is 0.115 e. The molecule has 1 aromatic heterocycles. The summed E-state index contributed by atoms with van der Waals surface area (Å²) >= 11 is 0. The molecule has 0 aromatic carbocycles. The van der Waals surface area contributed by atoms with Crippen LogP contribution in [-0.2, 0) is 6.42 Å². The summed E-state index contributed by atoms with van der Waals surface area (Å²) in [5, 5.41) is 3.58. The fourth-order valence-electron chi connectivity index (χ4n) is 1.72. The molecule has 1 N–H and O–H groups in total. The van der Waals surface area contributed by atoms with E-state index in [2.05, 4.69) is 42.1 Å². The minimum atomic E-state index is 0.509. The normalized spacial score (nSPS) is 13.1. The van der Waals surface area contributed by atoms with Gasteiger partial charge in [-0.2, -0.15) is 0 Å². The van der Waals surface area contributed by atoms with E-state index in [1.807, 2.05) is 6.92 Å². The van der Waals surface area contributed by atoms with Crippen molar-refractivity contribution in [3.05, 3.63) is 23.8 Å². The first-order chi connectivity index (χ1) is 7.63. The molecule has 0 bridgehead atoms. The minimum Gasteiger partial charge on any atom is -0.313 e. The second kappa shape index (κ2) is 6.59. The van der Waals surface area contributed by atoms with Crippen molar-refractivity contribution in [2.45, 2.75) is 46.6 Å². The molecule has 0 fully saturated rings. The predicted molar refractivity (Wildman–Crippen MR) is 67.4 cm³/mol. The fraction of sp³-hybridized carbons (Fsp3) is 0.692. The maximum atomic E-state index is 4.32. The summed E-state index contributed by atoms with van der Waals surface area (Å²) in [4.78, 5) is 8.44. The van der Waals surface area contributed by atoms with E-state index in [9.17, 15) is 0 Å². The Morgan fingerprint density at radius 3 is 2.62 bits per heavy atom. The molecule has 0 saturated carbocycles. The van der Waals surface area contributed by atoms with Crippen LogP contribution in [0, 0.1) is 12.8 Å². The molecule has 0 aliphatic heterocycles. The maximum absolute atomic E-state index is 4.32. The summed E-state index contributed by atoms with van der Waals surface area (Å²) < 4.78 is 0. The van der Waals surface area contributed by atoms with Crippen LogP contribution in [0.2, 0.25) is 0 Å². The number of nitrogens with zero attached hydrogens (tertiary/aromatic N) is 2. The fourth-order valence-corrected chi connectivity index (χ4v) is 1.72. The molecule has 16 heavy (non-hydrogen) atoms. The second-order valence-corrected chi connectivity index (χ2v) is 4.66. The molecule has 3 nitrogen and oxygen atoms in total. The van der Waals surface area contributed by atoms with Crippen LogP contribution in [0.4, 0.5) is 0 Å². The zero-order chi connectivity index (χ0) is 12.0. The molecule has 0 saturated heterocycles. The Kier molecular flexibility index (Phi) is 5.39. The highest BCUT2D eigenvalue weighted by Crippen LogP contribution is 2.09. The average molecular weight is 221 g/mol. The monoisotopic (exact) mass is 221 g/mol. The molecule has 3 heteroatoms. The Labute approximate surface area is 98.7 Å². The van der Waals surface area contributed by atoms with Crippen LogP contribution in [0.15, 0.2) is 12.4 Å². The van der Waals surface area contributed by atoms with E-state index in [0.29, 0.717) is 12.0 Å². The maximum Gasteiger partial charge on any atom is 0.115 e. The van der Waals surface area contributed by atoms with Crippen molar-refractivity contribution in [3.63, 3.8) is 0 Å². The Morgan fingerprint density at radius 1 is 1.31 bits per heavy atom. The lowest BCUT2D eigenvalue weighted by Gasteiger charge is -2.21. The van der Waals surface area contributed by atoms with Crippen molar-refractivity contribution < 1.29 is 0 Å². The van der Waals surface area contributed by atoms with Crippen molar-refractivity contribution in [1.29, 1.82) is 0 Å². The number of nitrogens with one attached hydrogen (secondary N) is 1. The third-order valence-electron chi connectivity index (χ3n) is 2.75. The van der Waals surface area contributed by atoms with Crippen LogP contribution in [0.25, 0.3) is 0 Å². The van der Waals surface area contributed by atoms with E-state index in [-0.39, 0.29) is 0 Å². The minimum absolute atomic E-state index is 0.509. The Bertz CT molecular complexity index is 310. The summed E-state index contributed by atoms with van der Waals surface area (Å²) in [5.41, 5.74) is 2.18. The third kappa shape index (κ3) is 4.27. The summed E-state index contributed by atoms with van der Waals surface area (Å²) in [5.74, 6) is 0.627. The average Bonchev–Trinajstić information content (AvgIpc) is 2.24. The van der Waals surface area contributed by atoms with E-state index >= 15 is 0 Å². The number of aromatic nitrogens is 2. The second-order valence-electron chi connectivity index (χ2n) is 4.66. The van der Waals surface area contributed by atoms with Crippen molar-refractivity contribution in [1.82, 2.24) is 15.3 Å². The van der Waals surface area contributed by atoms with Gasteiger partial charge in [-0.3, -0.25) is 0 Å². The van der Waals surface area contributed by atoms with Crippen molar-refractivity contribution >= 4 is 0 Å². The number of hydrogen-bond donors (Lipinski definition) is 1. The van der Waals surface area contributed by atoms with Crippen molar-refractivity contribution in [2.75, 3.05) is 6.54 Å². The summed E-state index contributed by atoms with van der Waals surface area (Å²) in [6.07, 6.45) is 3.81. The van der Waals surface area contributed by atoms with E-state index in [4.69, 9.17) is 0 Å². The van der Waals surface area contributed by atoms with E-state index in [1.54, 1.807) is 6.33 Å². The van der Waals surface area contributed by atoms with Gasteiger partial charge < -0.3 is 5.32 Å². The molecule has 0 aliphatic carbocycles. The van der Waals surface area contributed by atoms with E-state index in [0.717, 1.165) is 24.4 Å². The van der Waals surface area contributed by atoms with Crippen LogP contribution < -0.4 is 5.32 Å². The largest absolute Gasteiger partial charge is 0.313 e. The Morgan fingerprint density at radius 2 is 2.06 bits per heavy atom. The van der Waals surface area contributed by atoms with Crippen LogP contribution >= 0.6 is 0 Å². The van der Waals surface area contributed by atoms with Gasteiger partial charge in [-0.1, -0.05) is 20.8 Å². The molecular formula is C13H23N3. The van der Waals surface area contributed by atoms with E-state index in [1.165, 1.54) is 6.42 Å². The summed E-state index contributed by atoms with van der Waals surface area (Å²) in [7, 11) is 0. The number of rotatable bonds is 6. The standard InChI is InChI=1S/C13H23N3/c1-5-6-14-13(10(2)3)8-12-7-11(4)15-9-16-12/h7,9-10,13-14H,5-6,8H2,1-4H3. The summed E-state index contributed by atoms with van der Waals surface area (Å²) in [6, 6.07) is 2.58. The quantitative estimate of drug-likeness (QED) is 0.801. The highest BCUT2D eigenvalue weighted by Gasteiger charge is 2.13. The highest BCUT2D eigenvalue weighted by atomic mass is 14.9. The van der Waals surface area contributed by atoms with Crippen LogP contribution in [0.1, 0.15) is 38.6 Å². The number of hydrogen-bond acceptors (Lipinski definition) is 3. The molecule has 1 rings (SSSR count). The van der Waals surface area contributed by atoms with E-state index < -0.39 is 0 Å². The molecule has 1 aromatic rings. The first-order valence-corrected chi connectivity index (χ1v) is 6.14. The molecule has 0 radical (unpaired) electrons. The van der Waals surface area contributed by atoms with Gasteiger partial charge >= 0.3 is 0 Å². The van der Waals surface area contributed by atoms with Crippen LogP contribution in [-0.4, -0.2) is 22.6 Å². The summed E-state index contributed by atoms with van der Waals surface area (Å²) in [6.45, 7) is 9.78. The van der Waals surface area contributed by atoms with Gasteiger partial charge in [0.05, 0.1) is 0 Å². The molecule has 0 aliphatic rings. The zero-order valence-corrected chi connectivity index (χ0v) is 10.8. The van der Waals surface area contributed by atoms with Gasteiger partial charge in [0, 0.05) is 23.9 Å². The van der Waals surface area contributed by atoms with Crippen molar-refractivity contribution in [2.24, 2.45) is 5.92 Å². The van der Waals surface area contributed by atoms with Crippen molar-refractivity contribution in [3.8, 4) is 0 Å². The predicted octanol–water partition coefficient (Wildman–Crippen LogP) is 2.35. The SMILES string of the molecule is CCCNC(Cc1cc(C)ncn1)C(C)C. The molecule has 1 heterocycles. The first kappa shape index (κ1) is 13.1.